The normalized spacial score (nSPS) is 12.2. The van der Waals surface area contributed by atoms with Gasteiger partial charge in [-0.1, -0.05) is 17.7 Å². The van der Waals surface area contributed by atoms with Gasteiger partial charge in [0.15, 0.2) is 0 Å². The molecule has 0 aliphatic rings. The molecule has 1 N–H and O–H groups in total. The molecule has 2 aromatic rings. The summed E-state index contributed by atoms with van der Waals surface area (Å²) >= 11 is 5.65. The van der Waals surface area contributed by atoms with Crippen LogP contribution in [-0.2, 0) is 7.05 Å². The van der Waals surface area contributed by atoms with Crippen LogP contribution in [-0.4, -0.2) is 4.57 Å². The van der Waals surface area contributed by atoms with E-state index in [0.717, 1.165) is 11.3 Å². The smallest absolute Gasteiger partial charge is 0.250 e. The Hall–Kier alpha value is -1.81. The fourth-order valence-electron chi connectivity index (χ4n) is 1.79. The number of hydrogen-bond donors (Lipinski definition) is 1. The molecule has 0 aliphatic carbocycles. The maximum atomic E-state index is 13.4. The van der Waals surface area contributed by atoms with Crippen molar-refractivity contribution in [3.8, 4) is 0 Å². The number of nitrogens with one attached hydrogen (secondary N) is 1. The zero-order valence-corrected chi connectivity index (χ0v) is 11.4. The Morgan fingerprint density at radius 1 is 1.32 bits per heavy atom. The van der Waals surface area contributed by atoms with E-state index in [1.54, 1.807) is 25.4 Å². The van der Waals surface area contributed by atoms with Crippen molar-refractivity contribution in [1.29, 1.82) is 0 Å². The highest BCUT2D eigenvalue weighted by molar-refractivity contribution is 6.30. The summed E-state index contributed by atoms with van der Waals surface area (Å²) in [5.74, 6) is -0.437. The molecule has 1 atom stereocenters. The molecule has 3 nitrogen and oxygen atoms in total. The van der Waals surface area contributed by atoms with Crippen LogP contribution in [0, 0.1) is 5.82 Å². The largest absolute Gasteiger partial charge is 0.377 e. The van der Waals surface area contributed by atoms with Gasteiger partial charge in [-0.25, -0.2) is 4.39 Å². The van der Waals surface area contributed by atoms with Gasteiger partial charge >= 0.3 is 0 Å². The average Bonchev–Trinajstić information content (AvgIpc) is 2.37. The summed E-state index contributed by atoms with van der Waals surface area (Å²) in [6, 6.07) is 7.80. The van der Waals surface area contributed by atoms with Crippen LogP contribution in [0.1, 0.15) is 18.5 Å². The molecule has 5 heteroatoms. The highest BCUT2D eigenvalue weighted by Gasteiger charge is 2.08. The number of benzene rings is 1. The molecule has 0 radical (unpaired) electrons. The molecule has 0 spiro atoms. The summed E-state index contributed by atoms with van der Waals surface area (Å²) in [4.78, 5) is 11.3. The van der Waals surface area contributed by atoms with Crippen LogP contribution in [0.5, 0.6) is 0 Å². The lowest BCUT2D eigenvalue weighted by atomic mass is 10.1. The fraction of sp³-hybridized carbons (Fsp3) is 0.214. The predicted molar refractivity (Wildman–Crippen MR) is 75.1 cm³/mol. The number of rotatable bonds is 3. The van der Waals surface area contributed by atoms with Gasteiger partial charge in [0.2, 0.25) is 5.56 Å². The lowest BCUT2D eigenvalue weighted by Crippen LogP contribution is -2.16. The van der Waals surface area contributed by atoms with Gasteiger partial charge in [-0.3, -0.25) is 4.79 Å². The zero-order chi connectivity index (χ0) is 14.0. The first-order valence-corrected chi connectivity index (χ1v) is 6.23. The van der Waals surface area contributed by atoms with Crippen molar-refractivity contribution in [2.45, 2.75) is 13.0 Å². The summed E-state index contributed by atoms with van der Waals surface area (Å²) in [6.07, 6.45) is 1.70. The number of anilines is 1. The lowest BCUT2D eigenvalue weighted by molar-refractivity contribution is 0.624. The third kappa shape index (κ3) is 3.15. The fourth-order valence-corrected chi connectivity index (χ4v) is 1.91. The molecule has 1 unspecified atom stereocenters. The predicted octanol–water partition coefficient (Wildman–Crippen LogP) is 3.35. The van der Waals surface area contributed by atoms with Crippen LogP contribution in [0.3, 0.4) is 0 Å². The van der Waals surface area contributed by atoms with E-state index >= 15 is 0 Å². The van der Waals surface area contributed by atoms with E-state index in [0.29, 0.717) is 0 Å². The van der Waals surface area contributed by atoms with Gasteiger partial charge in [0.05, 0.1) is 10.7 Å². The van der Waals surface area contributed by atoms with E-state index in [1.165, 1.54) is 22.8 Å². The van der Waals surface area contributed by atoms with Gasteiger partial charge in [-0.15, -0.1) is 0 Å². The Kier molecular flexibility index (Phi) is 3.90. The molecule has 0 saturated heterocycles. The highest BCUT2D eigenvalue weighted by atomic mass is 35.5. The molecular formula is C14H14ClFN2O. The second-order valence-corrected chi connectivity index (χ2v) is 4.81. The monoisotopic (exact) mass is 280 g/mol. The molecule has 0 fully saturated rings. The van der Waals surface area contributed by atoms with Gasteiger partial charge in [0.25, 0.3) is 0 Å². The molecule has 0 bridgehead atoms. The molecular weight excluding hydrogens is 267 g/mol. The van der Waals surface area contributed by atoms with E-state index in [2.05, 4.69) is 5.32 Å². The van der Waals surface area contributed by atoms with E-state index in [-0.39, 0.29) is 16.6 Å². The summed E-state index contributed by atoms with van der Waals surface area (Å²) in [7, 11) is 1.68. The summed E-state index contributed by atoms with van der Waals surface area (Å²) < 4.78 is 14.9. The van der Waals surface area contributed by atoms with Crippen LogP contribution in [0.25, 0.3) is 0 Å². The molecule has 0 saturated carbocycles. The van der Waals surface area contributed by atoms with E-state index < -0.39 is 5.82 Å². The molecule has 2 rings (SSSR count). The molecule has 0 aliphatic heterocycles. The van der Waals surface area contributed by atoms with E-state index in [1.807, 2.05) is 6.92 Å². The number of nitrogens with zero attached hydrogens (tertiary/aromatic N) is 1. The minimum Gasteiger partial charge on any atom is -0.377 e. The van der Waals surface area contributed by atoms with Crippen molar-refractivity contribution < 1.29 is 4.39 Å². The standard InChI is InChI=1S/C14H14ClFN2O/c1-9(10-3-5-12(15)13(16)7-10)17-11-4-6-14(19)18(2)8-11/h3-9,17H,1-2H3. The highest BCUT2D eigenvalue weighted by Crippen LogP contribution is 2.22. The number of halogens is 2. The maximum absolute atomic E-state index is 13.4. The van der Waals surface area contributed by atoms with Gasteiger partial charge < -0.3 is 9.88 Å². The van der Waals surface area contributed by atoms with Crippen molar-refractivity contribution >= 4 is 17.3 Å². The first-order valence-electron chi connectivity index (χ1n) is 5.85. The lowest BCUT2D eigenvalue weighted by Gasteiger charge is -2.16. The summed E-state index contributed by atoms with van der Waals surface area (Å²) in [5, 5.41) is 3.31. The van der Waals surface area contributed by atoms with Crippen LogP contribution in [0.4, 0.5) is 10.1 Å². The molecule has 100 valence electrons. The number of pyridine rings is 1. The van der Waals surface area contributed by atoms with Crippen LogP contribution >= 0.6 is 11.6 Å². The molecule has 1 aromatic heterocycles. The Balaban J connectivity index is 2.20. The topological polar surface area (TPSA) is 34.0 Å². The quantitative estimate of drug-likeness (QED) is 0.935. The van der Waals surface area contributed by atoms with Crippen LogP contribution in [0.2, 0.25) is 5.02 Å². The van der Waals surface area contributed by atoms with Crippen molar-refractivity contribution in [1.82, 2.24) is 4.57 Å². The SMILES string of the molecule is CC(Nc1ccc(=O)n(C)c1)c1ccc(Cl)c(F)c1. The molecule has 0 amide bonds. The Bertz CT molecular complexity index is 654. The number of aromatic nitrogens is 1. The van der Waals surface area contributed by atoms with Crippen molar-refractivity contribution in [3.63, 3.8) is 0 Å². The van der Waals surface area contributed by atoms with Crippen molar-refractivity contribution in [2.75, 3.05) is 5.32 Å². The van der Waals surface area contributed by atoms with Gasteiger partial charge in [0.1, 0.15) is 5.82 Å². The molecule has 1 heterocycles. The first kappa shape index (κ1) is 13.6. The van der Waals surface area contributed by atoms with Crippen molar-refractivity contribution in [2.24, 2.45) is 7.05 Å². The second kappa shape index (κ2) is 5.45. The summed E-state index contributed by atoms with van der Waals surface area (Å²) in [5.41, 5.74) is 1.51. The summed E-state index contributed by atoms with van der Waals surface area (Å²) in [6.45, 7) is 1.91. The zero-order valence-electron chi connectivity index (χ0n) is 10.7. The Morgan fingerprint density at radius 2 is 2.05 bits per heavy atom. The van der Waals surface area contributed by atoms with E-state index in [4.69, 9.17) is 11.6 Å². The number of hydrogen-bond acceptors (Lipinski definition) is 2. The minimum absolute atomic E-state index is 0.0734. The van der Waals surface area contributed by atoms with Crippen LogP contribution in [0.15, 0.2) is 41.3 Å². The third-order valence-corrected chi connectivity index (χ3v) is 3.22. The molecule has 1 aromatic carbocycles. The first-order chi connectivity index (χ1) is 8.97. The van der Waals surface area contributed by atoms with Gasteiger partial charge in [0, 0.05) is 25.4 Å². The van der Waals surface area contributed by atoms with Crippen molar-refractivity contribution in [3.05, 3.63) is 63.3 Å². The maximum Gasteiger partial charge on any atom is 0.250 e. The van der Waals surface area contributed by atoms with Crippen LogP contribution < -0.4 is 10.9 Å². The average molecular weight is 281 g/mol. The van der Waals surface area contributed by atoms with E-state index in [9.17, 15) is 9.18 Å². The third-order valence-electron chi connectivity index (χ3n) is 2.91. The number of aryl methyl sites for hydroxylation is 1. The second-order valence-electron chi connectivity index (χ2n) is 4.41. The minimum atomic E-state index is -0.437. The molecule has 19 heavy (non-hydrogen) atoms. The Morgan fingerprint density at radius 3 is 2.68 bits per heavy atom. The van der Waals surface area contributed by atoms with Gasteiger partial charge in [-0.05, 0) is 30.7 Å². The Labute approximate surface area is 115 Å². The van der Waals surface area contributed by atoms with Gasteiger partial charge in [-0.2, -0.15) is 0 Å².